The van der Waals surface area contributed by atoms with Crippen LogP contribution in [0.1, 0.15) is 17.2 Å². The molecular weight excluding hydrogens is 494 g/mol. The number of halogens is 3. The SMILES string of the molecule is NCCNc1cn[nH]c1C1=NN(I)C(=O)C1c1ccc(F)c(Br)c1. The molecule has 1 unspecified atom stereocenters. The van der Waals surface area contributed by atoms with E-state index in [0.717, 1.165) is 0 Å². The first kappa shape index (κ1) is 17.3. The largest absolute Gasteiger partial charge is 0.381 e. The van der Waals surface area contributed by atoms with E-state index in [9.17, 15) is 9.18 Å². The van der Waals surface area contributed by atoms with Crippen LogP contribution in [0.2, 0.25) is 0 Å². The van der Waals surface area contributed by atoms with Crippen LogP contribution < -0.4 is 11.1 Å². The summed E-state index contributed by atoms with van der Waals surface area (Å²) in [5.74, 6) is -1.23. The molecule has 10 heteroatoms. The first-order valence-corrected chi connectivity index (χ1v) is 8.79. The Bertz CT molecular complexity index is 810. The number of rotatable bonds is 5. The summed E-state index contributed by atoms with van der Waals surface area (Å²) in [6.45, 7) is 1.03. The topological polar surface area (TPSA) is 99.4 Å². The Morgan fingerprint density at radius 2 is 2.29 bits per heavy atom. The lowest BCUT2D eigenvalue weighted by Gasteiger charge is -2.13. The highest BCUT2D eigenvalue weighted by Gasteiger charge is 2.39. The van der Waals surface area contributed by atoms with Crippen LogP contribution in [0, 0.1) is 5.82 Å². The number of H-pyrrole nitrogens is 1. The third-order valence-electron chi connectivity index (χ3n) is 3.53. The highest BCUT2D eigenvalue weighted by Crippen LogP contribution is 2.34. The van der Waals surface area contributed by atoms with Gasteiger partial charge in [-0.2, -0.15) is 13.4 Å². The van der Waals surface area contributed by atoms with Gasteiger partial charge < -0.3 is 11.1 Å². The number of benzene rings is 1. The fraction of sp³-hybridized carbons (Fsp3) is 0.214. The third kappa shape index (κ3) is 3.17. The zero-order chi connectivity index (χ0) is 17.3. The van der Waals surface area contributed by atoms with Crippen LogP contribution in [0.25, 0.3) is 0 Å². The van der Waals surface area contributed by atoms with Gasteiger partial charge in [0, 0.05) is 13.1 Å². The third-order valence-corrected chi connectivity index (χ3v) is 4.83. The number of anilines is 1. The Hall–Kier alpha value is -1.53. The van der Waals surface area contributed by atoms with E-state index in [4.69, 9.17) is 5.73 Å². The number of hydrogen-bond donors (Lipinski definition) is 3. The van der Waals surface area contributed by atoms with Crippen molar-refractivity contribution < 1.29 is 9.18 Å². The Balaban J connectivity index is 2.02. The van der Waals surface area contributed by atoms with Crippen molar-refractivity contribution in [3.8, 4) is 0 Å². The van der Waals surface area contributed by atoms with E-state index in [2.05, 4.69) is 36.5 Å². The van der Waals surface area contributed by atoms with E-state index in [1.54, 1.807) is 18.3 Å². The number of hydrazone groups is 1. The molecule has 1 aromatic carbocycles. The molecule has 0 spiro atoms. The summed E-state index contributed by atoms with van der Waals surface area (Å²) in [5.41, 5.74) is 8.00. The molecule has 1 aliphatic heterocycles. The molecular formula is C14H13BrFIN6O. The van der Waals surface area contributed by atoms with Crippen molar-refractivity contribution in [3.05, 3.63) is 45.9 Å². The summed E-state index contributed by atoms with van der Waals surface area (Å²) in [6, 6.07) is 4.49. The van der Waals surface area contributed by atoms with E-state index in [-0.39, 0.29) is 11.7 Å². The maximum Gasteiger partial charge on any atom is 0.265 e. The zero-order valence-corrected chi connectivity index (χ0v) is 16.0. The predicted octanol–water partition coefficient (Wildman–Crippen LogP) is 2.36. The lowest BCUT2D eigenvalue weighted by molar-refractivity contribution is -0.124. The lowest BCUT2D eigenvalue weighted by Crippen LogP contribution is -2.22. The van der Waals surface area contributed by atoms with Crippen LogP contribution in [0.4, 0.5) is 10.1 Å². The molecule has 0 bridgehead atoms. The molecule has 1 atom stereocenters. The molecule has 7 nitrogen and oxygen atoms in total. The van der Waals surface area contributed by atoms with Gasteiger partial charge in [0.25, 0.3) is 5.91 Å². The van der Waals surface area contributed by atoms with Gasteiger partial charge in [-0.1, -0.05) is 6.07 Å². The number of nitrogens with two attached hydrogens (primary N) is 1. The van der Waals surface area contributed by atoms with Crippen molar-refractivity contribution in [2.75, 3.05) is 18.4 Å². The summed E-state index contributed by atoms with van der Waals surface area (Å²) in [7, 11) is 0. The molecule has 3 rings (SSSR count). The van der Waals surface area contributed by atoms with Gasteiger partial charge in [-0.25, -0.2) is 4.39 Å². The second kappa shape index (κ2) is 7.15. The molecule has 0 aliphatic carbocycles. The van der Waals surface area contributed by atoms with Crippen molar-refractivity contribution in [2.45, 2.75) is 5.92 Å². The van der Waals surface area contributed by atoms with Crippen molar-refractivity contribution in [2.24, 2.45) is 10.8 Å². The van der Waals surface area contributed by atoms with Crippen molar-refractivity contribution in [1.82, 2.24) is 13.4 Å². The minimum absolute atomic E-state index is 0.205. The monoisotopic (exact) mass is 506 g/mol. The number of aromatic amines is 1. The van der Waals surface area contributed by atoms with Crippen molar-refractivity contribution >= 4 is 56.1 Å². The Kier molecular flexibility index (Phi) is 5.15. The number of aromatic nitrogens is 2. The number of hydrogen-bond acceptors (Lipinski definition) is 5. The quantitative estimate of drug-likeness (QED) is 0.428. The molecule has 0 radical (unpaired) electrons. The van der Waals surface area contributed by atoms with E-state index in [0.29, 0.717) is 40.2 Å². The van der Waals surface area contributed by atoms with Gasteiger partial charge in [-0.3, -0.25) is 9.89 Å². The van der Waals surface area contributed by atoms with E-state index in [1.165, 1.54) is 9.29 Å². The van der Waals surface area contributed by atoms with Gasteiger partial charge in [0.1, 0.15) is 23.1 Å². The molecule has 0 fully saturated rings. The number of carbonyl (C=O) groups excluding carboxylic acids is 1. The van der Waals surface area contributed by atoms with Crippen molar-refractivity contribution in [1.29, 1.82) is 0 Å². The smallest absolute Gasteiger partial charge is 0.265 e. The molecule has 24 heavy (non-hydrogen) atoms. The zero-order valence-electron chi connectivity index (χ0n) is 12.3. The predicted molar refractivity (Wildman–Crippen MR) is 100 cm³/mol. The summed E-state index contributed by atoms with van der Waals surface area (Å²) >= 11 is 4.99. The van der Waals surface area contributed by atoms with Gasteiger partial charge in [0.05, 0.1) is 39.2 Å². The minimum atomic E-state index is -0.641. The van der Waals surface area contributed by atoms with Gasteiger partial charge >= 0.3 is 0 Å². The highest BCUT2D eigenvalue weighted by atomic mass is 127. The Morgan fingerprint density at radius 1 is 1.50 bits per heavy atom. The molecule has 1 aromatic heterocycles. The molecule has 126 valence electrons. The van der Waals surface area contributed by atoms with Crippen LogP contribution >= 0.6 is 38.8 Å². The van der Waals surface area contributed by atoms with E-state index < -0.39 is 5.92 Å². The second-order valence-corrected chi connectivity index (χ2v) is 6.83. The first-order valence-electron chi connectivity index (χ1n) is 7.03. The fourth-order valence-corrected chi connectivity index (χ4v) is 3.34. The van der Waals surface area contributed by atoms with Gasteiger partial charge in [0.15, 0.2) is 0 Å². The Morgan fingerprint density at radius 3 is 3.00 bits per heavy atom. The molecule has 1 aliphatic rings. The van der Waals surface area contributed by atoms with Gasteiger partial charge in [-0.15, -0.1) is 0 Å². The number of nitrogens with one attached hydrogen (secondary N) is 2. The standard InChI is InChI=1S/C14H13BrFIN6O/c15-8-5-7(1-2-9(8)16)11-13(22-23(17)14(11)24)12-10(6-20-21-12)19-4-3-18/h1-2,5-6,11,19H,3-4,18H2,(H,20,21). The number of amides is 1. The molecule has 2 aromatic rings. The first-order chi connectivity index (χ1) is 11.5. The lowest BCUT2D eigenvalue weighted by atomic mass is 9.92. The van der Waals surface area contributed by atoms with Crippen LogP contribution in [-0.2, 0) is 4.79 Å². The van der Waals surface area contributed by atoms with Crippen molar-refractivity contribution in [3.63, 3.8) is 0 Å². The average molecular weight is 507 g/mol. The van der Waals surface area contributed by atoms with Gasteiger partial charge in [-0.05, 0) is 33.6 Å². The molecule has 1 amide bonds. The van der Waals surface area contributed by atoms with Crippen LogP contribution in [0.3, 0.4) is 0 Å². The molecule has 4 N–H and O–H groups in total. The van der Waals surface area contributed by atoms with E-state index >= 15 is 0 Å². The molecule has 0 saturated heterocycles. The summed E-state index contributed by atoms with van der Waals surface area (Å²) in [6.07, 6.45) is 1.62. The normalized spacial score (nSPS) is 17.3. The van der Waals surface area contributed by atoms with Crippen LogP contribution in [0.5, 0.6) is 0 Å². The number of nitrogens with zero attached hydrogens (tertiary/aromatic N) is 3. The minimum Gasteiger partial charge on any atom is -0.381 e. The number of carbonyl (C=O) groups is 1. The van der Waals surface area contributed by atoms with E-state index in [1.807, 2.05) is 22.9 Å². The Labute approximate surface area is 159 Å². The van der Waals surface area contributed by atoms with Crippen LogP contribution in [-0.4, -0.2) is 38.1 Å². The maximum atomic E-state index is 13.5. The summed E-state index contributed by atoms with van der Waals surface area (Å²) in [5, 5.41) is 14.4. The fourth-order valence-electron chi connectivity index (χ4n) is 2.43. The van der Waals surface area contributed by atoms with Gasteiger partial charge in [0.2, 0.25) is 0 Å². The second-order valence-electron chi connectivity index (χ2n) is 5.06. The average Bonchev–Trinajstić information content (AvgIpc) is 3.13. The summed E-state index contributed by atoms with van der Waals surface area (Å²) in [4.78, 5) is 12.6. The molecule has 2 heterocycles. The maximum absolute atomic E-state index is 13.5. The highest BCUT2D eigenvalue weighted by molar-refractivity contribution is 14.1. The van der Waals surface area contributed by atoms with Crippen LogP contribution in [0.15, 0.2) is 34.0 Å². The molecule has 0 saturated carbocycles. The summed E-state index contributed by atoms with van der Waals surface area (Å²) < 4.78 is 15.1.